The molecule has 36 heavy (non-hydrogen) atoms. The van der Waals surface area contributed by atoms with Gasteiger partial charge in [-0.05, 0) is 49.7 Å². The Hall–Kier alpha value is -4.73. The second-order valence-electron chi connectivity index (χ2n) is 8.21. The SMILES string of the molecule is CCOC(=O)c1c(-n2ccc3nc4ccn(Cc5ccc(OC)cc5)c(=O)c4cc3c2=O)n[nH]c1C. The smallest absolute Gasteiger partial charge is 0.343 e. The summed E-state index contributed by atoms with van der Waals surface area (Å²) in [7, 11) is 1.60. The number of hydrogen-bond acceptors (Lipinski definition) is 7. The largest absolute Gasteiger partial charge is 0.497 e. The van der Waals surface area contributed by atoms with Gasteiger partial charge in [-0.1, -0.05) is 12.1 Å². The molecule has 182 valence electrons. The lowest BCUT2D eigenvalue weighted by atomic mass is 10.1. The molecule has 5 rings (SSSR count). The normalized spacial score (nSPS) is 11.2. The summed E-state index contributed by atoms with van der Waals surface area (Å²) in [4.78, 5) is 43.8. The standard InChI is InChI=1S/C26H23N5O5/c1-4-36-26(34)22-15(2)28-29-23(22)31-12-10-21-19(25(31)33)13-18-20(27-21)9-11-30(24(18)32)14-16-5-7-17(35-3)8-6-16/h5-13H,4,14H2,1-3H3,(H,28,29). The highest BCUT2D eigenvalue weighted by atomic mass is 16.5. The molecule has 4 aromatic heterocycles. The van der Waals surface area contributed by atoms with Crippen LogP contribution in [-0.2, 0) is 11.3 Å². The van der Waals surface area contributed by atoms with E-state index in [0.29, 0.717) is 28.7 Å². The van der Waals surface area contributed by atoms with Crippen LogP contribution in [0.25, 0.3) is 27.6 Å². The first-order valence-electron chi connectivity index (χ1n) is 11.3. The van der Waals surface area contributed by atoms with Gasteiger partial charge in [-0.2, -0.15) is 5.10 Å². The van der Waals surface area contributed by atoms with Gasteiger partial charge < -0.3 is 14.0 Å². The Morgan fingerprint density at radius 2 is 1.69 bits per heavy atom. The van der Waals surface area contributed by atoms with E-state index in [-0.39, 0.29) is 28.9 Å². The summed E-state index contributed by atoms with van der Waals surface area (Å²) in [5.74, 6) is 0.279. The van der Waals surface area contributed by atoms with Crippen LogP contribution in [0.15, 0.2) is 64.4 Å². The molecule has 0 saturated carbocycles. The quantitative estimate of drug-likeness (QED) is 0.290. The number of pyridine rings is 3. The first kappa shape index (κ1) is 23.0. The molecule has 0 bridgehead atoms. The predicted octanol–water partition coefficient (Wildman–Crippen LogP) is 2.97. The van der Waals surface area contributed by atoms with E-state index < -0.39 is 11.5 Å². The number of aromatic nitrogens is 5. The van der Waals surface area contributed by atoms with Crippen LogP contribution < -0.4 is 15.9 Å². The number of carbonyl (C=O) groups excluding carboxylic acids is 1. The third kappa shape index (κ3) is 3.92. The lowest BCUT2D eigenvalue weighted by molar-refractivity contribution is 0.0525. The van der Waals surface area contributed by atoms with Gasteiger partial charge in [-0.15, -0.1) is 0 Å². The summed E-state index contributed by atoms with van der Waals surface area (Å²) in [6.45, 7) is 3.92. The van der Waals surface area contributed by atoms with Crippen LogP contribution in [0.3, 0.4) is 0 Å². The Morgan fingerprint density at radius 1 is 1.00 bits per heavy atom. The number of methoxy groups -OCH3 is 1. The molecule has 0 fully saturated rings. The molecule has 0 amide bonds. The average molecular weight is 486 g/mol. The van der Waals surface area contributed by atoms with Gasteiger partial charge in [0.25, 0.3) is 11.1 Å². The number of H-pyrrole nitrogens is 1. The maximum atomic E-state index is 13.5. The van der Waals surface area contributed by atoms with E-state index in [9.17, 15) is 14.4 Å². The Labute approximate surface area is 204 Å². The minimum Gasteiger partial charge on any atom is -0.497 e. The van der Waals surface area contributed by atoms with Crippen LogP contribution in [0.2, 0.25) is 0 Å². The molecule has 1 aromatic carbocycles. The molecule has 0 spiro atoms. The van der Waals surface area contributed by atoms with Crippen molar-refractivity contribution in [3.8, 4) is 11.6 Å². The molecule has 0 aliphatic heterocycles. The van der Waals surface area contributed by atoms with E-state index in [0.717, 1.165) is 11.3 Å². The third-order valence-corrected chi connectivity index (χ3v) is 5.96. The van der Waals surface area contributed by atoms with Gasteiger partial charge in [0.2, 0.25) is 0 Å². The van der Waals surface area contributed by atoms with E-state index >= 15 is 0 Å². The number of aryl methyl sites for hydroxylation is 1. The minimum atomic E-state index is -0.580. The van der Waals surface area contributed by atoms with Gasteiger partial charge >= 0.3 is 5.97 Å². The zero-order valence-corrected chi connectivity index (χ0v) is 19.9. The van der Waals surface area contributed by atoms with Gasteiger partial charge in [0.05, 0.1) is 42.1 Å². The van der Waals surface area contributed by atoms with Crippen LogP contribution in [-0.4, -0.2) is 44.0 Å². The molecule has 0 radical (unpaired) electrons. The number of ether oxygens (including phenoxy) is 2. The van der Waals surface area contributed by atoms with E-state index in [1.54, 1.807) is 49.9 Å². The van der Waals surface area contributed by atoms with E-state index in [1.807, 2.05) is 24.3 Å². The average Bonchev–Trinajstić information content (AvgIpc) is 3.27. The second-order valence-corrected chi connectivity index (χ2v) is 8.21. The molecule has 10 heteroatoms. The number of hydrogen-bond donors (Lipinski definition) is 1. The number of fused-ring (bicyclic) bond motifs is 2. The third-order valence-electron chi connectivity index (χ3n) is 5.96. The summed E-state index contributed by atoms with van der Waals surface area (Å²) in [5.41, 5.74) is 1.77. The van der Waals surface area contributed by atoms with Crippen molar-refractivity contribution in [1.29, 1.82) is 0 Å². The Kier molecular flexibility index (Phi) is 5.85. The first-order chi connectivity index (χ1) is 17.4. The molecule has 0 aliphatic rings. The zero-order chi connectivity index (χ0) is 25.4. The Morgan fingerprint density at radius 3 is 2.39 bits per heavy atom. The topological polar surface area (TPSA) is 121 Å². The summed E-state index contributed by atoms with van der Waals surface area (Å²) in [6, 6.07) is 12.4. The van der Waals surface area contributed by atoms with Crippen LogP contribution >= 0.6 is 0 Å². The summed E-state index contributed by atoms with van der Waals surface area (Å²) in [5, 5.41) is 7.44. The number of benzene rings is 1. The summed E-state index contributed by atoms with van der Waals surface area (Å²) in [6.07, 6.45) is 3.19. The van der Waals surface area contributed by atoms with Crippen molar-refractivity contribution in [2.24, 2.45) is 0 Å². The molecular formula is C26H23N5O5. The number of nitrogens with one attached hydrogen (secondary N) is 1. The highest BCUT2D eigenvalue weighted by Gasteiger charge is 2.22. The molecule has 0 saturated heterocycles. The van der Waals surface area contributed by atoms with Crippen molar-refractivity contribution < 1.29 is 14.3 Å². The molecule has 0 atom stereocenters. The number of rotatable bonds is 6. The lowest BCUT2D eigenvalue weighted by Crippen LogP contribution is -2.23. The highest BCUT2D eigenvalue weighted by Crippen LogP contribution is 2.19. The fourth-order valence-electron chi connectivity index (χ4n) is 4.12. The molecular weight excluding hydrogens is 462 g/mol. The summed E-state index contributed by atoms with van der Waals surface area (Å²) < 4.78 is 13.1. The molecule has 1 N–H and O–H groups in total. The number of esters is 1. The lowest BCUT2D eigenvalue weighted by Gasteiger charge is -2.10. The number of carbonyl (C=O) groups is 1. The van der Waals surface area contributed by atoms with Gasteiger partial charge in [0, 0.05) is 18.1 Å². The minimum absolute atomic E-state index is 0.128. The molecule has 4 heterocycles. The fraction of sp³-hybridized carbons (Fsp3) is 0.192. The molecule has 5 aromatic rings. The van der Waals surface area contributed by atoms with Crippen molar-refractivity contribution in [1.82, 2.24) is 24.3 Å². The van der Waals surface area contributed by atoms with Crippen LogP contribution in [0, 0.1) is 6.92 Å². The van der Waals surface area contributed by atoms with Crippen molar-refractivity contribution in [3.05, 3.63) is 92.4 Å². The molecule has 0 unspecified atom stereocenters. The van der Waals surface area contributed by atoms with Crippen molar-refractivity contribution >= 4 is 27.8 Å². The van der Waals surface area contributed by atoms with E-state index in [1.165, 1.54) is 10.8 Å². The summed E-state index contributed by atoms with van der Waals surface area (Å²) >= 11 is 0. The van der Waals surface area contributed by atoms with Crippen molar-refractivity contribution in [3.63, 3.8) is 0 Å². The second kappa shape index (κ2) is 9.14. The Bertz CT molecular complexity index is 1730. The number of nitrogens with zero attached hydrogens (tertiary/aromatic N) is 4. The first-order valence-corrected chi connectivity index (χ1v) is 11.3. The Balaban J connectivity index is 1.62. The maximum absolute atomic E-state index is 13.5. The van der Waals surface area contributed by atoms with Crippen LogP contribution in [0.4, 0.5) is 0 Å². The fourth-order valence-corrected chi connectivity index (χ4v) is 4.12. The van der Waals surface area contributed by atoms with Gasteiger partial charge in [-0.3, -0.25) is 19.3 Å². The van der Waals surface area contributed by atoms with Crippen molar-refractivity contribution in [2.45, 2.75) is 20.4 Å². The van der Waals surface area contributed by atoms with Crippen LogP contribution in [0.1, 0.15) is 28.5 Å². The maximum Gasteiger partial charge on any atom is 0.343 e. The van der Waals surface area contributed by atoms with Crippen LogP contribution in [0.5, 0.6) is 5.75 Å². The molecule has 0 aliphatic carbocycles. The zero-order valence-electron chi connectivity index (χ0n) is 19.9. The van der Waals surface area contributed by atoms with Gasteiger partial charge in [0.15, 0.2) is 5.82 Å². The molecule has 10 nitrogen and oxygen atoms in total. The highest BCUT2D eigenvalue weighted by molar-refractivity contribution is 5.95. The number of aromatic amines is 1. The monoisotopic (exact) mass is 485 g/mol. The van der Waals surface area contributed by atoms with Gasteiger partial charge in [0.1, 0.15) is 11.3 Å². The van der Waals surface area contributed by atoms with E-state index in [4.69, 9.17) is 9.47 Å². The predicted molar refractivity (Wildman–Crippen MR) is 134 cm³/mol. The van der Waals surface area contributed by atoms with E-state index in [2.05, 4.69) is 15.2 Å². The van der Waals surface area contributed by atoms with Crippen molar-refractivity contribution in [2.75, 3.05) is 13.7 Å². The van der Waals surface area contributed by atoms with Gasteiger partial charge in [-0.25, -0.2) is 9.78 Å².